The Labute approximate surface area is 176 Å². The highest BCUT2D eigenvalue weighted by molar-refractivity contribution is 5.69. The van der Waals surface area contributed by atoms with Gasteiger partial charge < -0.3 is 9.64 Å². The lowest BCUT2D eigenvalue weighted by Crippen LogP contribution is -2.56. The molecular formula is C22H40N4O3. The molecule has 4 unspecified atom stereocenters. The van der Waals surface area contributed by atoms with Crippen molar-refractivity contribution < 1.29 is 9.53 Å². The SMILES string of the molecule is CCN(CC)CCC(=O)OCC1CC(C2CCCCN2N=O)CN2CCCCC12. The summed E-state index contributed by atoms with van der Waals surface area (Å²) < 4.78 is 5.77. The van der Waals surface area contributed by atoms with Crippen LogP contribution in [0, 0.1) is 16.7 Å². The molecule has 0 aromatic heterocycles. The van der Waals surface area contributed by atoms with Crippen LogP contribution in [0.15, 0.2) is 5.29 Å². The molecule has 3 aliphatic heterocycles. The molecule has 7 nitrogen and oxygen atoms in total. The zero-order valence-electron chi connectivity index (χ0n) is 18.4. The molecule has 3 heterocycles. The Hall–Kier alpha value is -1.21. The van der Waals surface area contributed by atoms with Crippen LogP contribution in [-0.2, 0) is 9.53 Å². The van der Waals surface area contributed by atoms with Gasteiger partial charge in [-0.15, -0.1) is 4.91 Å². The van der Waals surface area contributed by atoms with Crippen molar-refractivity contribution in [2.24, 2.45) is 17.1 Å². The van der Waals surface area contributed by atoms with Gasteiger partial charge in [-0.25, -0.2) is 0 Å². The Bertz CT molecular complexity index is 528. The highest BCUT2D eigenvalue weighted by Crippen LogP contribution is 2.38. The molecule has 0 aliphatic carbocycles. The lowest BCUT2D eigenvalue weighted by atomic mass is 9.75. The summed E-state index contributed by atoms with van der Waals surface area (Å²) in [5, 5.41) is 5.14. The van der Waals surface area contributed by atoms with Gasteiger partial charge in [0, 0.05) is 31.6 Å². The molecule has 0 aromatic carbocycles. The molecule has 0 aromatic rings. The van der Waals surface area contributed by atoms with E-state index in [1.165, 1.54) is 25.7 Å². The van der Waals surface area contributed by atoms with Gasteiger partial charge in [-0.3, -0.25) is 14.7 Å². The van der Waals surface area contributed by atoms with Gasteiger partial charge in [0.2, 0.25) is 0 Å². The van der Waals surface area contributed by atoms with Gasteiger partial charge in [0.05, 0.1) is 24.4 Å². The molecule has 0 bridgehead atoms. The van der Waals surface area contributed by atoms with Gasteiger partial charge in [-0.2, -0.15) is 0 Å². The first-order valence-corrected chi connectivity index (χ1v) is 11.9. The summed E-state index contributed by atoms with van der Waals surface area (Å²) in [6.45, 7) is 10.5. The molecule has 0 N–H and O–H groups in total. The fraction of sp³-hybridized carbons (Fsp3) is 0.955. The standard InChI is InChI=1S/C22H40N4O3/c1-3-24(4-2)14-11-22(27)29-17-19-15-18(16-25-12-7-5-9-20(19)25)21-10-6-8-13-26(21)23-28/h18-21H,3-17H2,1-2H3. The van der Waals surface area contributed by atoms with E-state index < -0.39 is 0 Å². The highest BCUT2D eigenvalue weighted by Gasteiger charge is 2.42. The summed E-state index contributed by atoms with van der Waals surface area (Å²) in [5.74, 6) is 0.749. The predicted molar refractivity (Wildman–Crippen MR) is 114 cm³/mol. The van der Waals surface area contributed by atoms with Crippen molar-refractivity contribution in [2.75, 3.05) is 45.9 Å². The first-order valence-electron chi connectivity index (χ1n) is 11.9. The Morgan fingerprint density at radius 2 is 1.79 bits per heavy atom. The van der Waals surface area contributed by atoms with Crippen molar-refractivity contribution in [3.05, 3.63) is 4.91 Å². The average molecular weight is 409 g/mol. The number of piperidine rings is 3. The molecule has 4 atom stereocenters. The second-order valence-electron chi connectivity index (χ2n) is 9.08. The van der Waals surface area contributed by atoms with E-state index in [1.54, 1.807) is 5.01 Å². The van der Waals surface area contributed by atoms with Crippen LogP contribution >= 0.6 is 0 Å². The Morgan fingerprint density at radius 1 is 1.07 bits per heavy atom. The number of hydrogen-bond acceptors (Lipinski definition) is 6. The van der Waals surface area contributed by atoms with Crippen molar-refractivity contribution >= 4 is 5.97 Å². The number of fused-ring (bicyclic) bond motifs is 1. The molecule has 3 rings (SSSR count). The number of nitroso groups, excluding NO2 is 1. The van der Waals surface area contributed by atoms with Gasteiger partial charge >= 0.3 is 5.97 Å². The summed E-state index contributed by atoms with van der Waals surface area (Å²) in [7, 11) is 0. The van der Waals surface area contributed by atoms with Crippen molar-refractivity contribution in [3.8, 4) is 0 Å². The van der Waals surface area contributed by atoms with Gasteiger partial charge in [0.15, 0.2) is 0 Å². The minimum absolute atomic E-state index is 0.0739. The Morgan fingerprint density at radius 3 is 2.52 bits per heavy atom. The Balaban J connectivity index is 1.57. The molecular weight excluding hydrogens is 368 g/mol. The van der Waals surface area contributed by atoms with Gasteiger partial charge in [0.25, 0.3) is 0 Å². The van der Waals surface area contributed by atoms with Crippen LogP contribution in [0.5, 0.6) is 0 Å². The van der Waals surface area contributed by atoms with Gasteiger partial charge in [0.1, 0.15) is 0 Å². The topological polar surface area (TPSA) is 65.5 Å². The second-order valence-corrected chi connectivity index (χ2v) is 9.08. The molecule has 29 heavy (non-hydrogen) atoms. The van der Waals surface area contributed by atoms with Gasteiger partial charge in [-0.05, 0) is 64.1 Å². The quantitative estimate of drug-likeness (QED) is 0.431. The third-order valence-electron chi connectivity index (χ3n) is 7.44. The molecule has 3 aliphatic rings. The maximum atomic E-state index is 12.3. The Kier molecular flexibility index (Phi) is 8.72. The summed E-state index contributed by atoms with van der Waals surface area (Å²) in [6, 6.07) is 0.779. The van der Waals surface area contributed by atoms with E-state index in [9.17, 15) is 9.70 Å². The van der Waals surface area contributed by atoms with E-state index in [0.29, 0.717) is 30.9 Å². The number of carbonyl (C=O) groups excluding carboxylic acids is 1. The molecule has 166 valence electrons. The van der Waals surface area contributed by atoms with Crippen LogP contribution in [0.3, 0.4) is 0 Å². The van der Waals surface area contributed by atoms with E-state index in [1.807, 2.05) is 0 Å². The van der Waals surface area contributed by atoms with E-state index in [0.717, 1.165) is 58.5 Å². The van der Waals surface area contributed by atoms with E-state index >= 15 is 0 Å². The van der Waals surface area contributed by atoms with Crippen molar-refractivity contribution in [3.63, 3.8) is 0 Å². The predicted octanol–water partition coefficient (Wildman–Crippen LogP) is 3.29. The summed E-state index contributed by atoms with van der Waals surface area (Å²) in [6.07, 6.45) is 8.54. The number of esters is 1. The van der Waals surface area contributed by atoms with Crippen LogP contribution in [-0.4, -0.2) is 78.7 Å². The van der Waals surface area contributed by atoms with Crippen LogP contribution in [0.4, 0.5) is 0 Å². The highest BCUT2D eigenvalue weighted by atomic mass is 16.5. The first kappa shape index (κ1) is 22.5. The minimum Gasteiger partial charge on any atom is -0.465 e. The molecule has 0 saturated carbocycles. The number of ether oxygens (including phenoxy) is 1. The largest absolute Gasteiger partial charge is 0.465 e. The van der Waals surface area contributed by atoms with Crippen LogP contribution < -0.4 is 0 Å². The van der Waals surface area contributed by atoms with Crippen LogP contribution in [0.1, 0.15) is 65.2 Å². The summed E-state index contributed by atoms with van der Waals surface area (Å²) in [5.41, 5.74) is 0. The van der Waals surface area contributed by atoms with Crippen molar-refractivity contribution in [1.82, 2.24) is 14.8 Å². The maximum absolute atomic E-state index is 12.3. The third-order valence-corrected chi connectivity index (χ3v) is 7.44. The molecule has 0 radical (unpaired) electrons. The van der Waals surface area contributed by atoms with E-state index in [2.05, 4.69) is 28.9 Å². The van der Waals surface area contributed by atoms with Crippen LogP contribution in [0.2, 0.25) is 0 Å². The summed E-state index contributed by atoms with van der Waals surface area (Å²) >= 11 is 0. The zero-order valence-corrected chi connectivity index (χ0v) is 18.4. The molecule has 7 heteroatoms. The minimum atomic E-state index is -0.0739. The van der Waals surface area contributed by atoms with E-state index in [4.69, 9.17) is 4.74 Å². The lowest BCUT2D eigenvalue weighted by molar-refractivity contribution is -0.148. The number of hydrogen-bond donors (Lipinski definition) is 0. The maximum Gasteiger partial charge on any atom is 0.307 e. The number of carbonyl (C=O) groups is 1. The fourth-order valence-corrected chi connectivity index (χ4v) is 5.74. The molecule has 3 saturated heterocycles. The smallest absolute Gasteiger partial charge is 0.307 e. The number of rotatable bonds is 9. The van der Waals surface area contributed by atoms with Crippen LogP contribution in [0.25, 0.3) is 0 Å². The molecule has 0 spiro atoms. The normalized spacial score (nSPS) is 30.8. The fourth-order valence-electron chi connectivity index (χ4n) is 5.74. The van der Waals surface area contributed by atoms with Crippen molar-refractivity contribution in [1.29, 1.82) is 0 Å². The van der Waals surface area contributed by atoms with Crippen molar-refractivity contribution in [2.45, 2.75) is 77.3 Å². The monoisotopic (exact) mass is 408 g/mol. The summed E-state index contributed by atoms with van der Waals surface area (Å²) in [4.78, 5) is 28.6. The van der Waals surface area contributed by atoms with Gasteiger partial charge in [-0.1, -0.05) is 20.3 Å². The molecule has 3 fully saturated rings. The lowest BCUT2D eigenvalue weighted by Gasteiger charge is -2.50. The second kappa shape index (κ2) is 11.3. The third kappa shape index (κ3) is 5.91. The molecule has 0 amide bonds. The average Bonchev–Trinajstić information content (AvgIpc) is 2.77. The number of nitrogens with zero attached hydrogens (tertiary/aromatic N) is 4. The first-order chi connectivity index (χ1) is 14.2. The zero-order chi connectivity index (χ0) is 20.6. The van der Waals surface area contributed by atoms with E-state index in [-0.39, 0.29) is 12.0 Å².